The molecule has 0 unspecified atom stereocenters. The summed E-state index contributed by atoms with van der Waals surface area (Å²) in [6, 6.07) is 6.32. The normalized spacial score (nSPS) is 13.9. The Morgan fingerprint density at radius 1 is 1.20 bits per heavy atom. The second-order valence-corrected chi connectivity index (χ2v) is 4.44. The maximum atomic E-state index is 11.9. The minimum Gasteiger partial charge on any atom is -0.366 e. The first-order chi connectivity index (χ1) is 9.16. The Kier molecular flexibility index (Phi) is 6.21. The summed E-state index contributed by atoms with van der Waals surface area (Å²) in [7, 11) is 0. The van der Waals surface area contributed by atoms with Gasteiger partial charge in [0.2, 0.25) is 5.91 Å². The fourth-order valence-corrected chi connectivity index (χ4v) is 1.91. The Morgan fingerprint density at radius 2 is 1.85 bits per heavy atom. The Hall–Kier alpha value is -1.85. The summed E-state index contributed by atoms with van der Waals surface area (Å²) in [5.41, 5.74) is 7.31. The average Bonchev–Trinajstić information content (AvgIpc) is 2.46. The van der Waals surface area contributed by atoms with E-state index < -0.39 is 5.91 Å². The van der Waals surface area contributed by atoms with Crippen LogP contribution >= 0.6 is 12.4 Å². The van der Waals surface area contributed by atoms with Crippen molar-refractivity contribution in [3.63, 3.8) is 0 Å². The van der Waals surface area contributed by atoms with Crippen molar-refractivity contribution in [3.05, 3.63) is 47.0 Å². The summed E-state index contributed by atoms with van der Waals surface area (Å²) >= 11 is 0. The van der Waals surface area contributed by atoms with Gasteiger partial charge in [-0.2, -0.15) is 0 Å². The van der Waals surface area contributed by atoms with Gasteiger partial charge in [-0.1, -0.05) is 11.6 Å². The molecule has 2 amide bonds. The number of nitrogens with one attached hydrogen (secondary N) is 2. The van der Waals surface area contributed by atoms with Gasteiger partial charge in [-0.15, -0.1) is 12.4 Å². The molecule has 0 atom stereocenters. The third kappa shape index (κ3) is 4.36. The van der Waals surface area contributed by atoms with Crippen LogP contribution in [0.15, 0.2) is 35.9 Å². The summed E-state index contributed by atoms with van der Waals surface area (Å²) < 4.78 is 0. The molecule has 0 saturated heterocycles. The molecule has 0 saturated carbocycles. The van der Waals surface area contributed by atoms with Crippen LogP contribution in [0.4, 0.5) is 0 Å². The van der Waals surface area contributed by atoms with Crippen LogP contribution in [-0.2, 0) is 0 Å². The highest BCUT2D eigenvalue weighted by Gasteiger charge is 2.08. The summed E-state index contributed by atoms with van der Waals surface area (Å²) in [5, 5.41) is 6.08. The van der Waals surface area contributed by atoms with Crippen LogP contribution in [-0.4, -0.2) is 31.4 Å². The Bertz CT molecular complexity index is 512. The highest BCUT2D eigenvalue weighted by molar-refractivity contribution is 5.97. The standard InChI is InChI=1S/C14H17N3O2.ClH/c15-13(18)11-1-3-12(4-2-11)14(19)17-9-10-5-7-16-8-6-10;/h1-5,16H,6-9H2,(H2,15,18)(H,17,19);1H. The number of rotatable bonds is 4. The lowest BCUT2D eigenvalue weighted by Gasteiger charge is -2.14. The molecule has 108 valence electrons. The number of hydrogen-bond acceptors (Lipinski definition) is 3. The quantitative estimate of drug-likeness (QED) is 0.720. The fourth-order valence-electron chi connectivity index (χ4n) is 1.91. The third-order valence-electron chi connectivity index (χ3n) is 3.07. The molecule has 20 heavy (non-hydrogen) atoms. The van der Waals surface area contributed by atoms with Crippen LogP contribution in [0.2, 0.25) is 0 Å². The van der Waals surface area contributed by atoms with E-state index in [2.05, 4.69) is 16.7 Å². The van der Waals surface area contributed by atoms with Crippen molar-refractivity contribution < 1.29 is 9.59 Å². The summed E-state index contributed by atoms with van der Waals surface area (Å²) in [5.74, 6) is -0.637. The van der Waals surface area contributed by atoms with E-state index >= 15 is 0 Å². The lowest BCUT2D eigenvalue weighted by Crippen LogP contribution is -2.29. The van der Waals surface area contributed by atoms with Gasteiger partial charge in [0, 0.05) is 24.2 Å². The van der Waals surface area contributed by atoms with Crippen molar-refractivity contribution in [1.29, 1.82) is 0 Å². The van der Waals surface area contributed by atoms with Crippen molar-refractivity contribution in [2.24, 2.45) is 5.73 Å². The fraction of sp³-hybridized carbons (Fsp3) is 0.286. The van der Waals surface area contributed by atoms with E-state index in [0.717, 1.165) is 19.5 Å². The van der Waals surface area contributed by atoms with Gasteiger partial charge in [0.05, 0.1) is 0 Å². The number of amides is 2. The molecule has 5 nitrogen and oxygen atoms in total. The van der Waals surface area contributed by atoms with Crippen molar-refractivity contribution in [2.45, 2.75) is 6.42 Å². The number of benzene rings is 1. The van der Waals surface area contributed by atoms with Gasteiger partial charge in [0.25, 0.3) is 5.91 Å². The van der Waals surface area contributed by atoms with E-state index in [1.54, 1.807) is 24.3 Å². The molecule has 1 aliphatic rings. The second kappa shape index (κ2) is 7.67. The molecule has 1 aromatic rings. The largest absolute Gasteiger partial charge is 0.366 e. The highest BCUT2D eigenvalue weighted by atomic mass is 35.5. The van der Waals surface area contributed by atoms with Crippen molar-refractivity contribution in [1.82, 2.24) is 10.6 Å². The van der Waals surface area contributed by atoms with Crippen LogP contribution in [0.25, 0.3) is 0 Å². The van der Waals surface area contributed by atoms with Crippen LogP contribution in [0.3, 0.4) is 0 Å². The number of primary amides is 1. The molecule has 0 bridgehead atoms. The first-order valence-electron chi connectivity index (χ1n) is 6.23. The van der Waals surface area contributed by atoms with Gasteiger partial charge in [-0.25, -0.2) is 0 Å². The Balaban J connectivity index is 0.00000200. The predicted molar refractivity (Wildman–Crippen MR) is 80.1 cm³/mol. The zero-order valence-corrected chi connectivity index (χ0v) is 11.8. The monoisotopic (exact) mass is 295 g/mol. The van der Waals surface area contributed by atoms with Crippen molar-refractivity contribution in [3.8, 4) is 0 Å². The lowest BCUT2D eigenvalue weighted by molar-refractivity contribution is 0.0953. The summed E-state index contributed by atoms with van der Waals surface area (Å²) in [6.07, 6.45) is 3.06. The molecule has 0 spiro atoms. The highest BCUT2D eigenvalue weighted by Crippen LogP contribution is 2.06. The van der Waals surface area contributed by atoms with Gasteiger partial charge in [0.1, 0.15) is 0 Å². The average molecular weight is 296 g/mol. The second-order valence-electron chi connectivity index (χ2n) is 4.44. The molecule has 0 aromatic heterocycles. The van der Waals surface area contributed by atoms with E-state index in [0.29, 0.717) is 17.7 Å². The van der Waals surface area contributed by atoms with E-state index in [9.17, 15) is 9.59 Å². The lowest BCUT2D eigenvalue weighted by atomic mass is 10.1. The van der Waals surface area contributed by atoms with Gasteiger partial charge in [0.15, 0.2) is 0 Å². The van der Waals surface area contributed by atoms with Crippen molar-refractivity contribution in [2.75, 3.05) is 19.6 Å². The first-order valence-corrected chi connectivity index (χ1v) is 6.23. The van der Waals surface area contributed by atoms with E-state index in [4.69, 9.17) is 5.73 Å². The number of hydrogen-bond donors (Lipinski definition) is 3. The molecule has 0 radical (unpaired) electrons. The molecule has 4 N–H and O–H groups in total. The minimum absolute atomic E-state index is 0. The zero-order chi connectivity index (χ0) is 13.7. The van der Waals surface area contributed by atoms with Crippen LogP contribution in [0.5, 0.6) is 0 Å². The molecule has 6 heteroatoms. The van der Waals surface area contributed by atoms with Crippen molar-refractivity contribution >= 4 is 24.2 Å². The van der Waals surface area contributed by atoms with Crippen LogP contribution < -0.4 is 16.4 Å². The van der Waals surface area contributed by atoms with E-state index in [1.165, 1.54) is 5.57 Å². The predicted octanol–water partition coefficient (Wildman–Crippen LogP) is 0.857. The molecule has 2 rings (SSSR count). The molecule has 0 fully saturated rings. The Morgan fingerprint density at radius 3 is 2.40 bits per heavy atom. The maximum absolute atomic E-state index is 11.9. The number of nitrogens with two attached hydrogens (primary N) is 1. The van der Waals surface area contributed by atoms with Gasteiger partial charge >= 0.3 is 0 Å². The van der Waals surface area contributed by atoms with Crippen LogP contribution in [0.1, 0.15) is 27.1 Å². The van der Waals surface area contributed by atoms with E-state index in [1.807, 2.05) is 0 Å². The van der Waals surface area contributed by atoms with Crippen LogP contribution in [0, 0.1) is 0 Å². The molecule has 0 aliphatic carbocycles. The molecular formula is C14H18ClN3O2. The first kappa shape index (κ1) is 16.2. The summed E-state index contributed by atoms with van der Waals surface area (Å²) in [4.78, 5) is 22.8. The third-order valence-corrected chi connectivity index (χ3v) is 3.07. The number of halogens is 1. The van der Waals surface area contributed by atoms with Gasteiger partial charge in [-0.3, -0.25) is 9.59 Å². The minimum atomic E-state index is -0.494. The Labute approximate surface area is 124 Å². The molecular weight excluding hydrogens is 278 g/mol. The SMILES string of the molecule is Cl.NC(=O)c1ccc(C(=O)NCC2=CCNCC2)cc1. The maximum Gasteiger partial charge on any atom is 0.251 e. The molecule has 1 heterocycles. The summed E-state index contributed by atoms with van der Waals surface area (Å²) in [6.45, 7) is 2.38. The zero-order valence-electron chi connectivity index (χ0n) is 11.0. The number of carbonyl (C=O) groups excluding carboxylic acids is 2. The number of carbonyl (C=O) groups is 2. The topological polar surface area (TPSA) is 84.2 Å². The molecule has 1 aromatic carbocycles. The van der Waals surface area contributed by atoms with Gasteiger partial charge < -0.3 is 16.4 Å². The van der Waals surface area contributed by atoms with E-state index in [-0.39, 0.29) is 18.3 Å². The smallest absolute Gasteiger partial charge is 0.251 e. The molecule has 1 aliphatic heterocycles. The van der Waals surface area contributed by atoms with Gasteiger partial charge in [-0.05, 0) is 37.2 Å².